The molecule has 0 bridgehead atoms. The summed E-state index contributed by atoms with van der Waals surface area (Å²) in [6.07, 6.45) is 3.67. The van der Waals surface area contributed by atoms with E-state index in [1.165, 1.54) is 0 Å². The van der Waals surface area contributed by atoms with Crippen LogP contribution in [0.25, 0.3) is 0 Å². The predicted octanol–water partition coefficient (Wildman–Crippen LogP) is 1.04. The molecule has 96 valence electrons. The monoisotopic (exact) mass is 257 g/mol. The Bertz CT molecular complexity index is 462. The summed E-state index contributed by atoms with van der Waals surface area (Å²) in [4.78, 5) is 11.6. The Kier molecular flexibility index (Phi) is 3.06. The van der Waals surface area contributed by atoms with Crippen LogP contribution in [0.2, 0.25) is 0 Å². The lowest BCUT2D eigenvalue weighted by atomic mass is 9.79. The zero-order valence-electron chi connectivity index (χ0n) is 10.3. The van der Waals surface area contributed by atoms with Crippen LogP contribution in [-0.4, -0.2) is 31.7 Å². The number of sulfone groups is 1. The largest absolute Gasteiger partial charge is 0.384 e. The van der Waals surface area contributed by atoms with Gasteiger partial charge in [0.15, 0.2) is 15.6 Å². The quantitative estimate of drug-likeness (QED) is 0.802. The minimum absolute atomic E-state index is 0.0204. The summed E-state index contributed by atoms with van der Waals surface area (Å²) in [5, 5.41) is 3.22. The molecule has 1 heterocycles. The second-order valence-electron chi connectivity index (χ2n) is 5.90. The first-order valence-corrected chi connectivity index (χ1v) is 7.78. The van der Waals surface area contributed by atoms with Crippen molar-refractivity contribution >= 4 is 15.6 Å². The summed E-state index contributed by atoms with van der Waals surface area (Å²) in [7, 11) is -2.86. The lowest BCUT2D eigenvalue weighted by Crippen LogP contribution is -2.34. The van der Waals surface area contributed by atoms with E-state index in [9.17, 15) is 13.2 Å². The van der Waals surface area contributed by atoms with Crippen molar-refractivity contribution in [3.8, 4) is 0 Å². The lowest BCUT2D eigenvalue weighted by Gasteiger charge is -2.30. The summed E-state index contributed by atoms with van der Waals surface area (Å²) in [6.45, 7) is 4.12. The molecule has 0 aromatic heterocycles. The van der Waals surface area contributed by atoms with Gasteiger partial charge >= 0.3 is 0 Å². The number of hydrogen-bond donors (Lipinski definition) is 1. The highest BCUT2D eigenvalue weighted by atomic mass is 32.2. The van der Waals surface area contributed by atoms with Crippen LogP contribution in [0.1, 0.15) is 33.1 Å². The first-order valence-electron chi connectivity index (χ1n) is 5.96. The predicted molar refractivity (Wildman–Crippen MR) is 66.3 cm³/mol. The van der Waals surface area contributed by atoms with Crippen molar-refractivity contribution in [2.45, 2.75) is 39.2 Å². The van der Waals surface area contributed by atoms with E-state index in [-0.39, 0.29) is 28.7 Å². The Morgan fingerprint density at radius 1 is 1.35 bits per heavy atom. The molecule has 1 atom stereocenters. The summed E-state index contributed by atoms with van der Waals surface area (Å²) in [5.74, 6) is 0.582. The lowest BCUT2D eigenvalue weighted by molar-refractivity contribution is -0.117. The Morgan fingerprint density at radius 2 is 2.06 bits per heavy atom. The summed E-state index contributed by atoms with van der Waals surface area (Å²) >= 11 is 0. The minimum Gasteiger partial charge on any atom is -0.384 e. The Balaban J connectivity index is 2.03. The number of ketones is 1. The van der Waals surface area contributed by atoms with E-state index in [1.54, 1.807) is 6.08 Å². The molecule has 1 saturated heterocycles. The highest BCUT2D eigenvalue weighted by Gasteiger charge is 2.32. The average Bonchev–Trinajstić information content (AvgIpc) is 2.41. The molecule has 1 aliphatic heterocycles. The van der Waals surface area contributed by atoms with Crippen LogP contribution in [0.15, 0.2) is 11.8 Å². The standard InChI is InChI=1S/C12H19NO3S/c1-12(2)6-10(5-11(14)7-12)13-9-3-4-17(15,16)8-9/h5,9,13H,3-4,6-8H2,1-2H3/t9-/m0/s1. The third kappa shape index (κ3) is 3.31. The van der Waals surface area contributed by atoms with Gasteiger partial charge in [-0.3, -0.25) is 4.79 Å². The molecule has 4 nitrogen and oxygen atoms in total. The molecule has 2 aliphatic rings. The number of rotatable bonds is 2. The molecule has 0 amide bonds. The van der Waals surface area contributed by atoms with Gasteiger partial charge in [-0.05, 0) is 18.3 Å². The summed E-state index contributed by atoms with van der Waals surface area (Å²) < 4.78 is 22.7. The summed E-state index contributed by atoms with van der Waals surface area (Å²) in [5.41, 5.74) is 0.874. The van der Waals surface area contributed by atoms with Crippen LogP contribution in [0.3, 0.4) is 0 Å². The number of hydrogen-bond acceptors (Lipinski definition) is 4. The van der Waals surface area contributed by atoms with Gasteiger partial charge in [0.2, 0.25) is 0 Å². The average molecular weight is 257 g/mol. The van der Waals surface area contributed by atoms with Gasteiger partial charge in [0, 0.05) is 24.2 Å². The molecule has 0 radical (unpaired) electrons. The van der Waals surface area contributed by atoms with Crippen molar-refractivity contribution in [1.29, 1.82) is 0 Å². The zero-order chi connectivity index (χ0) is 12.7. The van der Waals surface area contributed by atoms with Crippen LogP contribution < -0.4 is 5.32 Å². The van der Waals surface area contributed by atoms with Crippen LogP contribution in [0.4, 0.5) is 0 Å². The van der Waals surface area contributed by atoms with Crippen molar-refractivity contribution in [1.82, 2.24) is 5.32 Å². The van der Waals surface area contributed by atoms with E-state index in [0.29, 0.717) is 12.8 Å². The van der Waals surface area contributed by atoms with Gasteiger partial charge in [-0.15, -0.1) is 0 Å². The van der Waals surface area contributed by atoms with E-state index in [2.05, 4.69) is 19.2 Å². The maximum absolute atomic E-state index is 11.6. The maximum Gasteiger partial charge on any atom is 0.157 e. The van der Waals surface area contributed by atoms with Gasteiger partial charge in [0.05, 0.1) is 11.5 Å². The van der Waals surface area contributed by atoms with E-state index < -0.39 is 9.84 Å². The van der Waals surface area contributed by atoms with Gasteiger partial charge in [-0.1, -0.05) is 13.8 Å². The molecule has 17 heavy (non-hydrogen) atoms. The van der Waals surface area contributed by atoms with Gasteiger partial charge in [-0.25, -0.2) is 8.42 Å². The van der Waals surface area contributed by atoms with Crippen LogP contribution in [0.5, 0.6) is 0 Å². The first kappa shape index (κ1) is 12.6. The number of nitrogens with one attached hydrogen (secondary N) is 1. The van der Waals surface area contributed by atoms with Crippen LogP contribution in [-0.2, 0) is 14.6 Å². The fourth-order valence-electron chi connectivity index (χ4n) is 2.61. The van der Waals surface area contributed by atoms with Crippen molar-refractivity contribution in [3.63, 3.8) is 0 Å². The molecule has 0 aromatic rings. The molecule has 0 unspecified atom stereocenters. The SMILES string of the molecule is CC1(C)CC(=O)C=C(N[C@H]2CCS(=O)(=O)C2)C1. The van der Waals surface area contributed by atoms with Gasteiger partial charge in [0.1, 0.15) is 0 Å². The normalized spacial score (nSPS) is 31.1. The Hall–Kier alpha value is -0.840. The molecule has 0 saturated carbocycles. The molecular weight excluding hydrogens is 238 g/mol. The Morgan fingerprint density at radius 3 is 2.59 bits per heavy atom. The Labute approximate surface area is 102 Å². The highest BCUT2D eigenvalue weighted by molar-refractivity contribution is 7.91. The molecule has 0 aromatic carbocycles. The van der Waals surface area contributed by atoms with Gasteiger partial charge < -0.3 is 5.32 Å². The van der Waals surface area contributed by atoms with Crippen LogP contribution in [0, 0.1) is 5.41 Å². The highest BCUT2D eigenvalue weighted by Crippen LogP contribution is 2.33. The topological polar surface area (TPSA) is 63.2 Å². The van der Waals surface area contributed by atoms with Crippen molar-refractivity contribution in [2.24, 2.45) is 5.41 Å². The maximum atomic E-state index is 11.6. The fourth-order valence-corrected chi connectivity index (χ4v) is 4.28. The van der Waals surface area contributed by atoms with Crippen molar-refractivity contribution in [2.75, 3.05) is 11.5 Å². The smallest absolute Gasteiger partial charge is 0.157 e. The van der Waals surface area contributed by atoms with E-state index in [4.69, 9.17) is 0 Å². The molecule has 1 fully saturated rings. The minimum atomic E-state index is -2.86. The molecule has 5 heteroatoms. The number of allylic oxidation sites excluding steroid dienone is 2. The second-order valence-corrected chi connectivity index (χ2v) is 8.13. The van der Waals surface area contributed by atoms with Crippen molar-refractivity contribution in [3.05, 3.63) is 11.8 Å². The van der Waals surface area contributed by atoms with Gasteiger partial charge in [-0.2, -0.15) is 0 Å². The molecule has 1 N–H and O–H groups in total. The zero-order valence-corrected chi connectivity index (χ0v) is 11.1. The van der Waals surface area contributed by atoms with Crippen LogP contribution >= 0.6 is 0 Å². The third-order valence-corrected chi connectivity index (χ3v) is 5.05. The van der Waals surface area contributed by atoms with Crippen molar-refractivity contribution < 1.29 is 13.2 Å². The van der Waals surface area contributed by atoms with E-state index >= 15 is 0 Å². The van der Waals surface area contributed by atoms with E-state index in [1.807, 2.05) is 0 Å². The molecular formula is C12H19NO3S. The molecule has 1 aliphatic carbocycles. The molecule has 2 rings (SSSR count). The first-order chi connectivity index (χ1) is 7.76. The molecule has 0 spiro atoms. The number of carbonyl (C=O) groups excluding carboxylic acids is 1. The van der Waals surface area contributed by atoms with E-state index in [0.717, 1.165) is 12.1 Å². The fraction of sp³-hybridized carbons (Fsp3) is 0.750. The second kappa shape index (κ2) is 4.12. The summed E-state index contributed by atoms with van der Waals surface area (Å²) in [6, 6.07) is -0.0204. The third-order valence-electron chi connectivity index (χ3n) is 3.28. The number of carbonyl (C=O) groups is 1. The van der Waals surface area contributed by atoms with Gasteiger partial charge in [0.25, 0.3) is 0 Å².